The van der Waals surface area contributed by atoms with Crippen LogP contribution in [-0.4, -0.2) is 69.2 Å². The van der Waals surface area contributed by atoms with E-state index in [9.17, 15) is 13.6 Å². The highest BCUT2D eigenvalue weighted by atomic mass is 19.1. The van der Waals surface area contributed by atoms with Gasteiger partial charge in [-0.25, -0.2) is 23.5 Å². The molecule has 0 saturated carbocycles. The van der Waals surface area contributed by atoms with Crippen LogP contribution >= 0.6 is 0 Å². The van der Waals surface area contributed by atoms with Crippen molar-refractivity contribution in [3.05, 3.63) is 72.1 Å². The van der Waals surface area contributed by atoms with Gasteiger partial charge in [0.1, 0.15) is 29.2 Å². The van der Waals surface area contributed by atoms with Crippen molar-refractivity contribution in [1.82, 2.24) is 24.8 Å². The quantitative estimate of drug-likeness (QED) is 0.304. The summed E-state index contributed by atoms with van der Waals surface area (Å²) in [5.74, 6) is -1.28. The Morgan fingerprint density at radius 3 is 2.44 bits per heavy atom. The number of carbonyl (C=O) groups excluding carboxylic acids is 1. The summed E-state index contributed by atoms with van der Waals surface area (Å²) in [6.07, 6.45) is 4.37. The standard InChI is InChI=1S/C32H35F2N5O2/c1-31(2,3)41-30(40)39-18-32(19-39)11-14-38(15-12-32)13-10-21-4-6-22(7-5-21)27-17-25-28(35-20-36-29(25)37-27)24-9-8-23(33)16-26(24)34/h4-9,16-17,20H,10-15,18-19H2,1-3H3,(H,35,36,37). The molecule has 2 fully saturated rings. The zero-order valence-electron chi connectivity index (χ0n) is 23.7. The second-order valence-corrected chi connectivity index (χ2v) is 12.4. The monoisotopic (exact) mass is 559 g/mol. The first-order valence-electron chi connectivity index (χ1n) is 14.2. The van der Waals surface area contributed by atoms with E-state index in [0.717, 1.165) is 69.3 Å². The molecule has 7 nitrogen and oxygen atoms in total. The first kappa shape index (κ1) is 27.3. The normalized spacial score (nSPS) is 17.1. The number of aromatic amines is 1. The Bertz CT molecular complexity index is 1560. The molecular formula is C32H35F2N5O2. The van der Waals surface area contributed by atoms with Crippen molar-refractivity contribution in [2.75, 3.05) is 32.7 Å². The second kappa shape index (κ2) is 10.5. The van der Waals surface area contributed by atoms with Gasteiger partial charge in [0.2, 0.25) is 0 Å². The zero-order chi connectivity index (χ0) is 28.8. The molecule has 41 heavy (non-hydrogen) atoms. The summed E-state index contributed by atoms with van der Waals surface area (Å²) in [6.45, 7) is 10.4. The van der Waals surface area contributed by atoms with Gasteiger partial charge < -0.3 is 19.5 Å². The molecule has 0 radical (unpaired) electrons. The number of carbonyl (C=O) groups is 1. The molecule has 6 rings (SSSR count). The van der Waals surface area contributed by atoms with E-state index in [2.05, 4.69) is 44.1 Å². The number of ether oxygens (including phenoxy) is 1. The molecule has 1 N–H and O–H groups in total. The Morgan fingerprint density at radius 2 is 1.76 bits per heavy atom. The predicted octanol–water partition coefficient (Wildman–Crippen LogP) is 6.45. The number of fused-ring (bicyclic) bond motifs is 1. The van der Waals surface area contributed by atoms with Gasteiger partial charge in [-0.1, -0.05) is 24.3 Å². The summed E-state index contributed by atoms with van der Waals surface area (Å²) in [7, 11) is 0. The minimum Gasteiger partial charge on any atom is -0.444 e. The summed E-state index contributed by atoms with van der Waals surface area (Å²) in [5, 5.41) is 0.681. The molecule has 1 amide bonds. The summed E-state index contributed by atoms with van der Waals surface area (Å²) < 4.78 is 33.4. The molecule has 1 spiro atoms. The number of benzene rings is 2. The zero-order valence-corrected chi connectivity index (χ0v) is 23.7. The smallest absolute Gasteiger partial charge is 0.410 e. The third kappa shape index (κ3) is 5.81. The molecule has 2 aromatic carbocycles. The Hall–Kier alpha value is -3.85. The maximum absolute atomic E-state index is 14.5. The number of nitrogens with one attached hydrogen (secondary N) is 1. The number of hydrogen-bond acceptors (Lipinski definition) is 5. The lowest BCUT2D eigenvalue weighted by atomic mass is 9.72. The molecular weight excluding hydrogens is 524 g/mol. The second-order valence-electron chi connectivity index (χ2n) is 12.4. The number of halogens is 2. The fourth-order valence-corrected chi connectivity index (χ4v) is 5.92. The number of aromatic nitrogens is 3. The van der Waals surface area contributed by atoms with Crippen LogP contribution in [0.4, 0.5) is 13.6 Å². The van der Waals surface area contributed by atoms with Gasteiger partial charge in [0.15, 0.2) is 0 Å². The highest BCUT2D eigenvalue weighted by Gasteiger charge is 2.47. The van der Waals surface area contributed by atoms with Crippen LogP contribution in [0.2, 0.25) is 0 Å². The highest BCUT2D eigenvalue weighted by Crippen LogP contribution is 2.41. The average Bonchev–Trinajstić information content (AvgIpc) is 3.35. The van der Waals surface area contributed by atoms with Gasteiger partial charge >= 0.3 is 6.09 Å². The van der Waals surface area contributed by atoms with Crippen LogP contribution in [0, 0.1) is 17.0 Å². The number of piperidine rings is 1. The van der Waals surface area contributed by atoms with Gasteiger partial charge in [-0.2, -0.15) is 0 Å². The summed E-state index contributed by atoms with van der Waals surface area (Å²) in [4.78, 5) is 28.6. The van der Waals surface area contributed by atoms with Gasteiger partial charge in [0, 0.05) is 47.8 Å². The predicted molar refractivity (Wildman–Crippen MR) is 154 cm³/mol. The molecule has 2 aromatic heterocycles. The molecule has 2 aliphatic rings. The number of H-pyrrole nitrogens is 1. The van der Waals surface area contributed by atoms with E-state index in [1.54, 1.807) is 0 Å². The van der Waals surface area contributed by atoms with Crippen LogP contribution in [0.25, 0.3) is 33.5 Å². The van der Waals surface area contributed by atoms with Crippen molar-refractivity contribution >= 4 is 17.1 Å². The van der Waals surface area contributed by atoms with Gasteiger partial charge in [0.05, 0.1) is 5.69 Å². The molecule has 0 bridgehead atoms. The van der Waals surface area contributed by atoms with Crippen LogP contribution in [0.15, 0.2) is 54.9 Å². The number of rotatable bonds is 5. The number of likely N-dealkylation sites (tertiary alicyclic amines) is 2. The van der Waals surface area contributed by atoms with E-state index >= 15 is 0 Å². The van der Waals surface area contributed by atoms with Crippen LogP contribution < -0.4 is 0 Å². The van der Waals surface area contributed by atoms with Gasteiger partial charge in [-0.3, -0.25) is 0 Å². The largest absolute Gasteiger partial charge is 0.444 e. The lowest BCUT2D eigenvalue weighted by Crippen LogP contribution is -2.62. The number of nitrogens with zero attached hydrogens (tertiary/aromatic N) is 4. The van der Waals surface area contributed by atoms with E-state index in [-0.39, 0.29) is 17.1 Å². The summed E-state index contributed by atoms with van der Waals surface area (Å²) >= 11 is 0. The molecule has 0 unspecified atom stereocenters. The first-order chi connectivity index (χ1) is 19.6. The van der Waals surface area contributed by atoms with Crippen LogP contribution in [0.3, 0.4) is 0 Å². The van der Waals surface area contributed by atoms with Crippen molar-refractivity contribution in [2.45, 2.75) is 45.6 Å². The van der Waals surface area contributed by atoms with E-state index in [0.29, 0.717) is 16.7 Å². The molecule has 9 heteroatoms. The molecule has 0 aliphatic carbocycles. The maximum atomic E-state index is 14.5. The summed E-state index contributed by atoms with van der Waals surface area (Å²) in [5.41, 5.74) is 4.17. The Morgan fingerprint density at radius 1 is 1.02 bits per heavy atom. The third-order valence-electron chi connectivity index (χ3n) is 8.21. The first-order valence-corrected chi connectivity index (χ1v) is 14.2. The average molecular weight is 560 g/mol. The van der Waals surface area contributed by atoms with Gasteiger partial charge in [0.25, 0.3) is 0 Å². The SMILES string of the molecule is CC(C)(C)OC(=O)N1CC2(CCN(CCc3ccc(-c4cc5c(-c6ccc(F)cc6F)ncnc5[nH]4)cc3)CC2)C1. The molecule has 4 heterocycles. The minimum absolute atomic E-state index is 0.198. The van der Waals surface area contributed by atoms with Crippen LogP contribution in [0.5, 0.6) is 0 Å². The van der Waals surface area contributed by atoms with Gasteiger partial charge in [-0.05, 0) is 82.4 Å². The highest BCUT2D eigenvalue weighted by molar-refractivity contribution is 5.94. The van der Waals surface area contributed by atoms with E-state index in [4.69, 9.17) is 4.74 Å². The van der Waals surface area contributed by atoms with Crippen LogP contribution in [0.1, 0.15) is 39.2 Å². The van der Waals surface area contributed by atoms with Crippen molar-refractivity contribution < 1.29 is 18.3 Å². The fourth-order valence-electron chi connectivity index (χ4n) is 5.92. The van der Waals surface area contributed by atoms with Crippen molar-refractivity contribution in [3.8, 4) is 22.5 Å². The lowest BCUT2D eigenvalue weighted by molar-refractivity contribution is -0.0590. The van der Waals surface area contributed by atoms with E-state index in [1.165, 1.54) is 24.0 Å². The maximum Gasteiger partial charge on any atom is 0.410 e. The van der Waals surface area contributed by atoms with E-state index in [1.807, 2.05) is 31.7 Å². The molecule has 2 aliphatic heterocycles. The number of hydrogen-bond donors (Lipinski definition) is 1. The van der Waals surface area contributed by atoms with E-state index < -0.39 is 17.2 Å². The minimum atomic E-state index is -0.656. The Labute approximate surface area is 238 Å². The Balaban J connectivity index is 1.04. The fraction of sp³-hybridized carbons (Fsp3) is 0.406. The molecule has 4 aromatic rings. The van der Waals surface area contributed by atoms with Gasteiger partial charge in [-0.15, -0.1) is 0 Å². The topological polar surface area (TPSA) is 74.3 Å². The summed E-state index contributed by atoms with van der Waals surface area (Å²) in [6, 6.07) is 13.9. The number of amides is 1. The van der Waals surface area contributed by atoms with Crippen LogP contribution in [-0.2, 0) is 11.2 Å². The van der Waals surface area contributed by atoms with Crippen molar-refractivity contribution in [3.63, 3.8) is 0 Å². The molecule has 2 saturated heterocycles. The van der Waals surface area contributed by atoms with Crippen molar-refractivity contribution in [1.29, 1.82) is 0 Å². The Kier molecular flexibility index (Phi) is 7.01. The lowest BCUT2D eigenvalue weighted by Gasteiger charge is -2.53. The third-order valence-corrected chi connectivity index (χ3v) is 8.21. The van der Waals surface area contributed by atoms with Crippen molar-refractivity contribution in [2.24, 2.45) is 5.41 Å². The molecule has 0 atom stereocenters. The molecule has 214 valence electrons.